The van der Waals surface area contributed by atoms with Gasteiger partial charge >= 0.3 is 13.3 Å². The Morgan fingerprint density at radius 1 is 1.33 bits per heavy atom. The van der Waals surface area contributed by atoms with E-state index in [2.05, 4.69) is 0 Å². The van der Waals surface area contributed by atoms with Crippen LogP contribution in [0, 0.1) is 0 Å². The van der Waals surface area contributed by atoms with E-state index in [9.17, 15) is 9.36 Å². The van der Waals surface area contributed by atoms with Crippen molar-refractivity contribution in [3.05, 3.63) is 33.8 Å². The number of halogens is 2. The zero-order chi connectivity index (χ0) is 11.4. The van der Waals surface area contributed by atoms with Crippen LogP contribution in [-0.2, 0) is 4.57 Å². The Balaban J connectivity index is 3.06. The van der Waals surface area contributed by atoms with Crippen molar-refractivity contribution in [3.63, 3.8) is 0 Å². The minimum absolute atomic E-state index is 0.176. The van der Waals surface area contributed by atoms with Gasteiger partial charge in [-0.15, -0.1) is 0 Å². The molecule has 0 aliphatic heterocycles. The summed E-state index contributed by atoms with van der Waals surface area (Å²) in [5.41, 5.74) is -0.280. The predicted molar refractivity (Wildman–Crippen MR) is 63.6 cm³/mol. The summed E-state index contributed by atoms with van der Waals surface area (Å²) in [5.74, 6) is 0. The number of rotatable bonds is 4. The second-order valence-corrected chi connectivity index (χ2v) is 5.43. The number of benzene rings is 1. The van der Waals surface area contributed by atoms with Gasteiger partial charge in [0.2, 0.25) is 0 Å². The largest absolute Gasteiger partial charge is 0.420 e. The van der Waals surface area contributed by atoms with Crippen molar-refractivity contribution in [2.24, 2.45) is 0 Å². The van der Waals surface area contributed by atoms with Crippen LogP contribution in [0.4, 0.5) is 0 Å². The first-order chi connectivity index (χ1) is 7.07. The smallest absolute Gasteiger partial charge is 0.234 e. The highest BCUT2D eigenvalue weighted by Crippen LogP contribution is 2.34. The topological polar surface area (TPSA) is 34.1 Å². The maximum atomic E-state index is 11.7. The molecule has 0 spiro atoms. The van der Waals surface area contributed by atoms with Gasteiger partial charge < -0.3 is 0 Å². The molecule has 0 radical (unpaired) electrons. The van der Waals surface area contributed by atoms with Crippen molar-refractivity contribution in [2.75, 3.05) is 6.16 Å². The Morgan fingerprint density at radius 3 is 2.33 bits per heavy atom. The zero-order valence-corrected chi connectivity index (χ0v) is 10.6. The molecule has 0 saturated carbocycles. The molecule has 2 nitrogen and oxygen atoms in total. The van der Waals surface area contributed by atoms with E-state index >= 15 is 0 Å². The molecule has 1 atom stereocenters. The van der Waals surface area contributed by atoms with Crippen LogP contribution in [-0.4, -0.2) is 11.7 Å². The summed E-state index contributed by atoms with van der Waals surface area (Å²) < 4.78 is 11.5. The molecule has 0 amide bonds. The van der Waals surface area contributed by atoms with Crippen LogP contribution in [0.25, 0.3) is 0 Å². The summed E-state index contributed by atoms with van der Waals surface area (Å²) in [4.78, 5) is 11.7. The van der Waals surface area contributed by atoms with Crippen LogP contribution >= 0.6 is 31.0 Å². The Labute approximate surface area is 99.4 Å². The highest BCUT2D eigenvalue weighted by Gasteiger charge is 2.32. The third-order valence-electron chi connectivity index (χ3n) is 1.83. The second kappa shape index (κ2) is 5.60. The van der Waals surface area contributed by atoms with Gasteiger partial charge in [0.15, 0.2) is 6.16 Å². The van der Waals surface area contributed by atoms with Gasteiger partial charge in [-0.25, -0.2) is 4.79 Å². The zero-order valence-electron chi connectivity index (χ0n) is 8.17. The molecule has 0 saturated heterocycles. The van der Waals surface area contributed by atoms with Gasteiger partial charge in [-0.1, -0.05) is 40.8 Å². The van der Waals surface area contributed by atoms with E-state index < -0.39 is 13.3 Å². The summed E-state index contributed by atoms with van der Waals surface area (Å²) in [6.45, 7) is 1.87. The molecule has 15 heavy (non-hydrogen) atoms. The van der Waals surface area contributed by atoms with Gasteiger partial charge in [-0.05, 0) is 18.6 Å². The van der Waals surface area contributed by atoms with Gasteiger partial charge in [-0.3, -0.25) is 0 Å². The summed E-state index contributed by atoms with van der Waals surface area (Å²) in [7, 11) is -1.91. The van der Waals surface area contributed by atoms with Crippen molar-refractivity contribution in [2.45, 2.75) is 13.3 Å². The predicted octanol–water partition coefficient (Wildman–Crippen LogP) is 4.37. The van der Waals surface area contributed by atoms with Crippen LogP contribution in [0.2, 0.25) is 10.0 Å². The maximum absolute atomic E-state index is 11.7. The van der Waals surface area contributed by atoms with Crippen molar-refractivity contribution in [1.29, 1.82) is 0 Å². The third-order valence-corrected chi connectivity index (χ3v) is 3.99. The molecular weight excluding hydrogens is 254 g/mol. The molecule has 1 aromatic rings. The van der Waals surface area contributed by atoms with Crippen LogP contribution in [0.3, 0.4) is 0 Å². The highest BCUT2D eigenvalue weighted by molar-refractivity contribution is 7.64. The monoisotopic (exact) mass is 263 g/mol. The van der Waals surface area contributed by atoms with Gasteiger partial charge in [0, 0.05) is 0 Å². The van der Waals surface area contributed by atoms with E-state index in [1.165, 1.54) is 0 Å². The fourth-order valence-corrected chi connectivity index (χ4v) is 2.93. The van der Waals surface area contributed by atoms with Crippen LogP contribution in [0.5, 0.6) is 0 Å². The number of carbonyl (C=O) groups is 1. The lowest BCUT2D eigenvalue weighted by Crippen LogP contribution is -1.97. The summed E-state index contributed by atoms with van der Waals surface area (Å²) in [6, 6.07) is 4.78. The van der Waals surface area contributed by atoms with Crippen molar-refractivity contribution in [3.8, 4) is 0 Å². The quantitative estimate of drug-likeness (QED) is 0.756. The summed E-state index contributed by atoms with van der Waals surface area (Å²) in [5, 5.41) is 0.513. The van der Waals surface area contributed by atoms with Gasteiger partial charge in [-0.2, -0.15) is 0 Å². The van der Waals surface area contributed by atoms with Gasteiger partial charge in [0.1, 0.15) is 5.56 Å². The first-order valence-corrected chi connectivity index (χ1v) is 6.71. The maximum Gasteiger partial charge on any atom is 0.420 e. The van der Waals surface area contributed by atoms with Gasteiger partial charge in [0.25, 0.3) is 0 Å². The van der Waals surface area contributed by atoms with Crippen LogP contribution < -0.4 is 0 Å². The molecule has 0 N–H and O–H groups in total. The Bertz CT molecular complexity index is 384. The van der Waals surface area contributed by atoms with E-state index in [0.717, 1.165) is 0 Å². The first kappa shape index (κ1) is 12.6. The molecule has 1 rings (SSSR count). The fourth-order valence-electron chi connectivity index (χ4n) is 1.13. The molecule has 0 fully saturated rings. The lowest BCUT2D eigenvalue weighted by atomic mass is 10.2. The molecule has 5 heteroatoms. The molecule has 80 valence electrons. The van der Waals surface area contributed by atoms with Crippen molar-refractivity contribution < 1.29 is 9.36 Å². The van der Waals surface area contributed by atoms with Crippen molar-refractivity contribution in [1.82, 2.24) is 0 Å². The molecule has 0 aromatic heterocycles. The molecule has 1 unspecified atom stereocenters. The molecular formula is C10H10Cl2O2P+. The molecule has 1 aromatic carbocycles. The summed E-state index contributed by atoms with van der Waals surface area (Å²) in [6.07, 6.45) is 1.07. The summed E-state index contributed by atoms with van der Waals surface area (Å²) >= 11 is 11.7. The van der Waals surface area contributed by atoms with Crippen LogP contribution in [0.15, 0.2) is 18.2 Å². The molecule has 0 heterocycles. The number of carbonyl (C=O) groups excluding carboxylic acids is 1. The normalized spacial score (nSPS) is 11.3. The molecule has 0 bridgehead atoms. The SMILES string of the molecule is CCC[P+](=O)C(=O)c1c(Cl)cccc1Cl. The van der Waals surface area contributed by atoms with E-state index in [4.69, 9.17) is 23.2 Å². The minimum Gasteiger partial charge on any atom is -0.234 e. The number of hydrogen-bond acceptors (Lipinski definition) is 2. The second-order valence-electron chi connectivity index (χ2n) is 3.00. The van der Waals surface area contributed by atoms with E-state index in [1.54, 1.807) is 18.2 Å². The minimum atomic E-state index is -1.91. The Kier molecular flexibility index (Phi) is 4.72. The Morgan fingerprint density at radius 2 is 1.87 bits per heavy atom. The molecule has 0 aliphatic rings. The highest BCUT2D eigenvalue weighted by atomic mass is 35.5. The average molecular weight is 264 g/mol. The van der Waals surface area contributed by atoms with E-state index in [-0.39, 0.29) is 15.6 Å². The van der Waals surface area contributed by atoms with Crippen molar-refractivity contribution >= 4 is 36.5 Å². The van der Waals surface area contributed by atoms with E-state index in [1.807, 2.05) is 6.92 Å². The Hall–Kier alpha value is -0.430. The standard InChI is InChI=1S/C10H10Cl2O2P/c1-2-6-15(14)10(13)9-7(11)4-3-5-8(9)12/h3-5H,2,6H2,1H3/q+1. The van der Waals surface area contributed by atoms with E-state index in [0.29, 0.717) is 12.6 Å². The molecule has 0 aliphatic carbocycles. The lowest BCUT2D eigenvalue weighted by molar-refractivity contribution is 0.107. The average Bonchev–Trinajstić information content (AvgIpc) is 2.17. The van der Waals surface area contributed by atoms with Crippen LogP contribution in [0.1, 0.15) is 23.7 Å². The number of hydrogen-bond donors (Lipinski definition) is 0. The first-order valence-electron chi connectivity index (χ1n) is 4.51. The van der Waals surface area contributed by atoms with Gasteiger partial charge in [0.05, 0.1) is 10.0 Å². The third kappa shape index (κ3) is 3.01. The fraction of sp³-hybridized carbons (Fsp3) is 0.300. The lowest BCUT2D eigenvalue weighted by Gasteiger charge is -1.98.